The molecule has 1 aliphatic rings. The molecule has 9 nitrogen and oxygen atoms in total. The molecule has 0 aliphatic heterocycles. The molecule has 0 saturated heterocycles. The number of anilines is 3. The van der Waals surface area contributed by atoms with Crippen molar-refractivity contribution in [3.8, 4) is 0 Å². The van der Waals surface area contributed by atoms with Crippen LogP contribution < -0.4 is 21.7 Å². The van der Waals surface area contributed by atoms with E-state index in [0.29, 0.717) is 17.2 Å². The van der Waals surface area contributed by atoms with E-state index in [1.54, 1.807) is 6.07 Å². The van der Waals surface area contributed by atoms with Crippen LogP contribution in [0, 0.1) is 13.8 Å². The molecule has 154 valence electrons. The van der Waals surface area contributed by atoms with Crippen molar-refractivity contribution in [1.82, 2.24) is 15.3 Å². The largest absolute Gasteiger partial charge is 0.465 e. The van der Waals surface area contributed by atoms with Crippen molar-refractivity contribution in [1.29, 1.82) is 0 Å². The third kappa shape index (κ3) is 5.34. The zero-order valence-corrected chi connectivity index (χ0v) is 16.5. The van der Waals surface area contributed by atoms with Crippen LogP contribution in [0.5, 0.6) is 0 Å². The summed E-state index contributed by atoms with van der Waals surface area (Å²) in [5, 5.41) is 18.1. The molecular weight excluding hydrogens is 372 g/mol. The number of primary amides is 1. The zero-order chi connectivity index (χ0) is 21.0. The van der Waals surface area contributed by atoms with Gasteiger partial charge in [-0.2, -0.15) is 0 Å². The van der Waals surface area contributed by atoms with Crippen LogP contribution in [0.25, 0.3) is 0 Å². The molecule has 0 spiro atoms. The van der Waals surface area contributed by atoms with E-state index in [1.807, 2.05) is 26.0 Å². The van der Waals surface area contributed by atoms with E-state index < -0.39 is 12.0 Å². The molecule has 6 N–H and O–H groups in total. The van der Waals surface area contributed by atoms with Gasteiger partial charge in [-0.25, -0.2) is 14.8 Å². The summed E-state index contributed by atoms with van der Waals surface area (Å²) >= 11 is 0. The van der Waals surface area contributed by atoms with Crippen molar-refractivity contribution in [3.05, 3.63) is 41.3 Å². The first kappa shape index (κ1) is 20.4. The van der Waals surface area contributed by atoms with E-state index in [0.717, 1.165) is 36.9 Å². The minimum absolute atomic E-state index is 0.0618. The van der Waals surface area contributed by atoms with Gasteiger partial charge in [0, 0.05) is 11.7 Å². The van der Waals surface area contributed by atoms with Gasteiger partial charge < -0.3 is 26.8 Å². The third-order valence-corrected chi connectivity index (χ3v) is 4.91. The van der Waals surface area contributed by atoms with Crippen molar-refractivity contribution >= 4 is 29.2 Å². The Bertz CT molecular complexity index is 897. The molecule has 29 heavy (non-hydrogen) atoms. The number of nitrogens with zero attached hydrogens (tertiary/aromatic N) is 2. The number of hydrogen-bond donors (Lipinski definition) is 5. The van der Waals surface area contributed by atoms with Gasteiger partial charge in [-0.05, 0) is 50.5 Å². The van der Waals surface area contributed by atoms with Crippen LogP contribution in [-0.2, 0) is 0 Å². The lowest BCUT2D eigenvalue weighted by Gasteiger charge is -2.32. The number of nitrogens with one attached hydrogen (secondary N) is 3. The summed E-state index contributed by atoms with van der Waals surface area (Å²) in [6.45, 7) is 3.85. The second-order valence-corrected chi connectivity index (χ2v) is 7.37. The van der Waals surface area contributed by atoms with E-state index in [2.05, 4.69) is 25.9 Å². The molecule has 1 aliphatic carbocycles. The van der Waals surface area contributed by atoms with Gasteiger partial charge >= 0.3 is 6.09 Å². The van der Waals surface area contributed by atoms with Crippen molar-refractivity contribution < 1.29 is 14.7 Å². The first-order chi connectivity index (χ1) is 13.8. The van der Waals surface area contributed by atoms with Gasteiger partial charge in [0.15, 0.2) is 5.69 Å². The first-order valence-electron chi connectivity index (χ1n) is 9.60. The van der Waals surface area contributed by atoms with E-state index in [1.165, 1.54) is 6.20 Å². The maximum absolute atomic E-state index is 11.8. The van der Waals surface area contributed by atoms with Crippen LogP contribution in [0.3, 0.4) is 0 Å². The molecule has 2 aromatic rings. The summed E-state index contributed by atoms with van der Waals surface area (Å²) in [6, 6.07) is 5.32. The van der Waals surface area contributed by atoms with Gasteiger partial charge in [-0.3, -0.25) is 4.79 Å². The van der Waals surface area contributed by atoms with Gasteiger partial charge in [0.25, 0.3) is 5.91 Å². The number of aromatic nitrogens is 2. The van der Waals surface area contributed by atoms with Gasteiger partial charge in [0.1, 0.15) is 5.82 Å². The van der Waals surface area contributed by atoms with Crippen molar-refractivity contribution in [2.75, 3.05) is 10.6 Å². The lowest BCUT2D eigenvalue weighted by atomic mass is 9.90. The Labute approximate surface area is 169 Å². The van der Waals surface area contributed by atoms with Gasteiger partial charge in [-0.15, -0.1) is 0 Å². The Balaban J connectivity index is 1.85. The molecule has 9 heteroatoms. The number of carbonyl (C=O) groups is 2. The number of carboxylic acid groups (broad SMARTS) is 1. The lowest BCUT2D eigenvalue weighted by Crippen LogP contribution is -2.48. The second-order valence-electron chi connectivity index (χ2n) is 7.37. The topological polar surface area (TPSA) is 142 Å². The number of nitrogens with two attached hydrogens (primary N) is 1. The van der Waals surface area contributed by atoms with Gasteiger partial charge in [-0.1, -0.05) is 12.8 Å². The quantitative estimate of drug-likeness (QED) is 0.503. The minimum Gasteiger partial charge on any atom is -0.465 e. The minimum atomic E-state index is -1.03. The van der Waals surface area contributed by atoms with Crippen LogP contribution in [0.2, 0.25) is 0 Å². The highest BCUT2D eigenvalue weighted by Crippen LogP contribution is 2.26. The summed E-state index contributed by atoms with van der Waals surface area (Å²) < 4.78 is 0. The summed E-state index contributed by atoms with van der Waals surface area (Å²) in [6.07, 6.45) is 4.10. The molecule has 2 amide bonds. The third-order valence-electron chi connectivity index (χ3n) is 4.91. The maximum Gasteiger partial charge on any atom is 0.404 e. The molecule has 1 fully saturated rings. The SMILES string of the molecule is Cc1cc(C)nc(Nc2cc(N[C@@H]3CCCC[C@@H]3NC(=O)O)cnc2C(N)=O)c1. The fourth-order valence-corrected chi connectivity index (χ4v) is 3.73. The number of aryl methyl sites for hydroxylation is 2. The van der Waals surface area contributed by atoms with Gasteiger partial charge in [0.05, 0.1) is 23.6 Å². The number of carbonyl (C=O) groups excluding carboxylic acids is 1. The average Bonchev–Trinajstić information content (AvgIpc) is 2.62. The molecule has 1 saturated carbocycles. The average molecular weight is 398 g/mol. The molecule has 0 radical (unpaired) electrons. The van der Waals surface area contributed by atoms with Crippen LogP contribution in [0.15, 0.2) is 24.4 Å². The molecule has 0 bridgehead atoms. The number of hydrogen-bond acceptors (Lipinski definition) is 6. The monoisotopic (exact) mass is 398 g/mol. The standard InChI is InChI=1S/C20H26N6O3/c1-11-7-12(2)23-17(8-11)25-16-9-13(10-22-18(16)19(21)27)24-14-5-3-4-6-15(14)26-20(28)29/h7-10,14-15,24,26H,3-6H2,1-2H3,(H2,21,27)(H,23,25)(H,28,29)/t14-,15+/m1/s1. The highest BCUT2D eigenvalue weighted by Gasteiger charge is 2.26. The van der Waals surface area contributed by atoms with Crippen LogP contribution in [0.1, 0.15) is 47.4 Å². The second kappa shape index (κ2) is 8.76. The van der Waals surface area contributed by atoms with Gasteiger partial charge in [0.2, 0.25) is 0 Å². The Hall–Kier alpha value is -3.36. The Morgan fingerprint density at radius 1 is 1.14 bits per heavy atom. The Kier molecular flexibility index (Phi) is 6.16. The summed E-state index contributed by atoms with van der Waals surface area (Å²) in [4.78, 5) is 31.5. The fraction of sp³-hybridized carbons (Fsp3) is 0.400. The van der Waals surface area contributed by atoms with Crippen LogP contribution >= 0.6 is 0 Å². The molecule has 0 unspecified atom stereocenters. The number of amides is 2. The maximum atomic E-state index is 11.8. The van der Waals surface area contributed by atoms with E-state index in [4.69, 9.17) is 10.8 Å². The zero-order valence-electron chi connectivity index (χ0n) is 16.5. The van der Waals surface area contributed by atoms with E-state index in [9.17, 15) is 9.59 Å². The molecule has 2 aromatic heterocycles. The predicted molar refractivity (Wildman–Crippen MR) is 111 cm³/mol. The Morgan fingerprint density at radius 3 is 2.52 bits per heavy atom. The smallest absolute Gasteiger partial charge is 0.404 e. The number of rotatable bonds is 6. The highest BCUT2D eigenvalue weighted by molar-refractivity contribution is 5.97. The summed E-state index contributed by atoms with van der Waals surface area (Å²) in [5.74, 6) is -0.0569. The Morgan fingerprint density at radius 2 is 1.86 bits per heavy atom. The molecule has 0 aromatic carbocycles. The highest BCUT2D eigenvalue weighted by atomic mass is 16.4. The van der Waals surface area contributed by atoms with E-state index in [-0.39, 0.29) is 17.8 Å². The molecule has 2 atom stereocenters. The van der Waals surface area contributed by atoms with Crippen LogP contribution in [0.4, 0.5) is 22.0 Å². The molecule has 2 heterocycles. The first-order valence-corrected chi connectivity index (χ1v) is 9.60. The molecule has 3 rings (SSSR count). The summed E-state index contributed by atoms with van der Waals surface area (Å²) in [5.41, 5.74) is 8.59. The normalized spacial score (nSPS) is 18.7. The lowest BCUT2D eigenvalue weighted by molar-refractivity contribution is 0.0996. The van der Waals surface area contributed by atoms with E-state index >= 15 is 0 Å². The fourth-order valence-electron chi connectivity index (χ4n) is 3.73. The van der Waals surface area contributed by atoms with Crippen LogP contribution in [-0.4, -0.2) is 39.2 Å². The summed E-state index contributed by atoms with van der Waals surface area (Å²) in [7, 11) is 0. The molecular formula is C20H26N6O3. The predicted octanol–water partition coefficient (Wildman–Crippen LogP) is 2.93. The van der Waals surface area contributed by atoms with Crippen molar-refractivity contribution in [2.45, 2.75) is 51.6 Å². The number of pyridine rings is 2. The van der Waals surface area contributed by atoms with Crippen molar-refractivity contribution in [2.24, 2.45) is 5.73 Å². The van der Waals surface area contributed by atoms with Crippen molar-refractivity contribution in [3.63, 3.8) is 0 Å².